The van der Waals surface area contributed by atoms with Gasteiger partial charge < -0.3 is 14.8 Å². The van der Waals surface area contributed by atoms with Crippen LogP contribution in [0.2, 0.25) is 0 Å². The van der Waals surface area contributed by atoms with Crippen molar-refractivity contribution < 1.29 is 0 Å². The maximum atomic E-state index is 4.42. The molecule has 1 saturated heterocycles. The molecular formula is C15H22N4. The number of nitrogens with zero attached hydrogens (tertiary/aromatic N) is 3. The molecule has 2 aromatic rings. The van der Waals surface area contributed by atoms with Crippen molar-refractivity contribution in [2.75, 3.05) is 20.1 Å². The van der Waals surface area contributed by atoms with Crippen LogP contribution < -0.4 is 5.32 Å². The Labute approximate surface area is 114 Å². The van der Waals surface area contributed by atoms with E-state index in [9.17, 15) is 0 Å². The van der Waals surface area contributed by atoms with E-state index in [4.69, 9.17) is 0 Å². The Morgan fingerprint density at radius 3 is 3.16 bits per heavy atom. The van der Waals surface area contributed by atoms with Crippen LogP contribution in [0.15, 0.2) is 24.5 Å². The van der Waals surface area contributed by atoms with Crippen molar-refractivity contribution in [2.45, 2.75) is 25.4 Å². The Morgan fingerprint density at radius 2 is 2.37 bits per heavy atom. The normalized spacial score (nSPS) is 19.6. The van der Waals surface area contributed by atoms with E-state index in [0.29, 0.717) is 6.04 Å². The average molecular weight is 258 g/mol. The zero-order valence-corrected chi connectivity index (χ0v) is 11.8. The quantitative estimate of drug-likeness (QED) is 0.907. The average Bonchev–Trinajstić information content (AvgIpc) is 3.00. The van der Waals surface area contributed by atoms with Crippen molar-refractivity contribution >= 4 is 11.0 Å². The summed E-state index contributed by atoms with van der Waals surface area (Å²) in [5, 5.41) is 3.55. The molecule has 1 aliphatic rings. The summed E-state index contributed by atoms with van der Waals surface area (Å²) in [5.74, 6) is 0. The van der Waals surface area contributed by atoms with E-state index in [2.05, 4.69) is 45.0 Å². The van der Waals surface area contributed by atoms with E-state index in [-0.39, 0.29) is 0 Å². The van der Waals surface area contributed by atoms with E-state index in [1.165, 1.54) is 30.5 Å². The largest absolute Gasteiger partial charge is 0.334 e. The molecule has 102 valence electrons. The Bertz CT molecular complexity index is 554. The van der Waals surface area contributed by atoms with Crippen LogP contribution in [0.4, 0.5) is 0 Å². The molecule has 0 saturated carbocycles. The van der Waals surface area contributed by atoms with Crippen LogP contribution in [-0.4, -0.2) is 40.6 Å². The lowest BCUT2D eigenvalue weighted by molar-refractivity contribution is 0.293. The smallest absolute Gasteiger partial charge is 0.0955 e. The molecule has 3 rings (SSSR count). The van der Waals surface area contributed by atoms with Crippen molar-refractivity contribution in [1.82, 2.24) is 19.8 Å². The fourth-order valence-electron chi connectivity index (χ4n) is 2.95. The fraction of sp³-hybridized carbons (Fsp3) is 0.533. The fourth-order valence-corrected chi connectivity index (χ4v) is 2.95. The molecule has 4 heteroatoms. The Kier molecular flexibility index (Phi) is 3.53. The topological polar surface area (TPSA) is 33.1 Å². The Hall–Kier alpha value is -1.39. The molecule has 1 unspecified atom stereocenters. The van der Waals surface area contributed by atoms with Crippen molar-refractivity contribution in [3.63, 3.8) is 0 Å². The number of imidazole rings is 1. The summed E-state index contributed by atoms with van der Waals surface area (Å²) in [6.45, 7) is 3.29. The van der Waals surface area contributed by atoms with Gasteiger partial charge in [0.15, 0.2) is 0 Å². The lowest BCUT2D eigenvalue weighted by Crippen LogP contribution is -2.34. The molecule has 1 atom stereocenters. The van der Waals surface area contributed by atoms with Gasteiger partial charge in [-0.15, -0.1) is 0 Å². The molecule has 0 bridgehead atoms. The van der Waals surface area contributed by atoms with Crippen LogP contribution in [0.1, 0.15) is 18.4 Å². The molecule has 0 amide bonds. The number of hydrogen-bond donors (Lipinski definition) is 1. The molecule has 1 aromatic carbocycles. The maximum absolute atomic E-state index is 4.42. The van der Waals surface area contributed by atoms with Gasteiger partial charge >= 0.3 is 0 Å². The van der Waals surface area contributed by atoms with E-state index in [1.54, 1.807) is 0 Å². The molecule has 4 nitrogen and oxygen atoms in total. The molecule has 1 N–H and O–H groups in total. The molecule has 19 heavy (non-hydrogen) atoms. The third-order valence-electron chi connectivity index (χ3n) is 3.94. The number of likely N-dealkylation sites (N-methyl/N-ethyl adjacent to an activating group) is 1. The first-order chi connectivity index (χ1) is 9.22. The van der Waals surface area contributed by atoms with Crippen LogP contribution in [0.25, 0.3) is 11.0 Å². The molecular weight excluding hydrogens is 236 g/mol. The van der Waals surface area contributed by atoms with Gasteiger partial charge in [0.05, 0.1) is 17.4 Å². The number of rotatable bonds is 4. The van der Waals surface area contributed by atoms with Crippen LogP contribution in [0.3, 0.4) is 0 Å². The van der Waals surface area contributed by atoms with Crippen molar-refractivity contribution in [3.05, 3.63) is 30.1 Å². The minimum absolute atomic E-state index is 0.670. The number of hydrogen-bond acceptors (Lipinski definition) is 3. The minimum atomic E-state index is 0.670. The van der Waals surface area contributed by atoms with Crippen LogP contribution in [-0.2, 0) is 13.6 Å². The van der Waals surface area contributed by atoms with Crippen LogP contribution in [0.5, 0.6) is 0 Å². The zero-order chi connectivity index (χ0) is 13.2. The highest BCUT2D eigenvalue weighted by molar-refractivity contribution is 5.75. The van der Waals surface area contributed by atoms with E-state index in [1.807, 2.05) is 13.4 Å². The molecule has 2 heterocycles. The van der Waals surface area contributed by atoms with E-state index in [0.717, 1.165) is 18.6 Å². The molecule has 1 fully saturated rings. The molecule has 0 radical (unpaired) electrons. The summed E-state index contributed by atoms with van der Waals surface area (Å²) >= 11 is 0. The van der Waals surface area contributed by atoms with Gasteiger partial charge in [-0.1, -0.05) is 6.07 Å². The minimum Gasteiger partial charge on any atom is -0.334 e. The lowest BCUT2D eigenvalue weighted by atomic mass is 10.1. The van der Waals surface area contributed by atoms with E-state index >= 15 is 0 Å². The predicted octanol–water partition coefficient (Wildman–Crippen LogP) is 1.76. The first-order valence-electron chi connectivity index (χ1n) is 7.04. The van der Waals surface area contributed by atoms with Gasteiger partial charge in [0.25, 0.3) is 0 Å². The number of aromatic nitrogens is 2. The van der Waals surface area contributed by atoms with Crippen LogP contribution in [0, 0.1) is 0 Å². The summed E-state index contributed by atoms with van der Waals surface area (Å²) in [5.41, 5.74) is 3.63. The van der Waals surface area contributed by atoms with Gasteiger partial charge in [-0.05, 0) is 44.1 Å². The predicted molar refractivity (Wildman–Crippen MR) is 78.1 cm³/mol. The summed E-state index contributed by atoms with van der Waals surface area (Å²) in [6.07, 6.45) is 4.50. The van der Waals surface area contributed by atoms with Crippen molar-refractivity contribution in [1.29, 1.82) is 0 Å². The Morgan fingerprint density at radius 1 is 1.47 bits per heavy atom. The molecule has 1 aromatic heterocycles. The summed E-state index contributed by atoms with van der Waals surface area (Å²) in [4.78, 5) is 6.82. The van der Waals surface area contributed by atoms with Gasteiger partial charge in [-0.3, -0.25) is 0 Å². The third-order valence-corrected chi connectivity index (χ3v) is 3.94. The number of nitrogens with one attached hydrogen (secondary N) is 1. The highest BCUT2D eigenvalue weighted by Crippen LogP contribution is 2.15. The van der Waals surface area contributed by atoms with Gasteiger partial charge in [-0.25, -0.2) is 4.98 Å². The maximum Gasteiger partial charge on any atom is 0.0955 e. The van der Waals surface area contributed by atoms with E-state index < -0.39 is 0 Å². The SMILES string of the molecule is CN(Cc1ccc2c(c1)ncn2C)CC1CCCN1. The van der Waals surface area contributed by atoms with Gasteiger partial charge in [0.1, 0.15) is 0 Å². The summed E-state index contributed by atoms with van der Waals surface area (Å²) in [7, 11) is 4.23. The van der Waals surface area contributed by atoms with Gasteiger partial charge in [-0.2, -0.15) is 0 Å². The van der Waals surface area contributed by atoms with Gasteiger partial charge in [0, 0.05) is 26.2 Å². The highest BCUT2D eigenvalue weighted by atomic mass is 15.1. The van der Waals surface area contributed by atoms with Gasteiger partial charge in [0.2, 0.25) is 0 Å². The zero-order valence-electron chi connectivity index (χ0n) is 11.8. The molecule has 0 spiro atoms. The second-order valence-electron chi connectivity index (χ2n) is 5.67. The monoisotopic (exact) mass is 258 g/mol. The standard InChI is InChI=1S/C15H22N4/c1-18(10-13-4-3-7-16-13)9-12-5-6-15-14(8-12)17-11-19(15)2/h5-6,8,11,13,16H,3-4,7,9-10H2,1-2H3. The highest BCUT2D eigenvalue weighted by Gasteiger charge is 2.15. The number of fused-ring (bicyclic) bond motifs is 1. The summed E-state index contributed by atoms with van der Waals surface area (Å²) in [6, 6.07) is 7.25. The molecule has 0 aliphatic carbocycles. The second-order valence-corrected chi connectivity index (χ2v) is 5.67. The second kappa shape index (κ2) is 5.31. The summed E-state index contributed by atoms with van der Waals surface area (Å²) < 4.78 is 2.06. The first-order valence-corrected chi connectivity index (χ1v) is 7.04. The van der Waals surface area contributed by atoms with Crippen LogP contribution >= 0.6 is 0 Å². The Balaban J connectivity index is 1.66. The number of aryl methyl sites for hydroxylation is 1. The third kappa shape index (κ3) is 2.80. The van der Waals surface area contributed by atoms with Crippen molar-refractivity contribution in [2.24, 2.45) is 7.05 Å². The van der Waals surface area contributed by atoms with Crippen molar-refractivity contribution in [3.8, 4) is 0 Å². The lowest BCUT2D eigenvalue weighted by Gasteiger charge is -2.21. The molecule has 1 aliphatic heterocycles. The first kappa shape index (κ1) is 12.6. The number of benzene rings is 1.